The summed E-state index contributed by atoms with van der Waals surface area (Å²) in [6, 6.07) is 10.3. The fourth-order valence-electron chi connectivity index (χ4n) is 4.19. The highest BCUT2D eigenvalue weighted by Gasteiger charge is 2.48. The zero-order chi connectivity index (χ0) is 17.5. The van der Waals surface area contributed by atoms with Gasteiger partial charge in [-0.15, -0.1) is 0 Å². The third kappa shape index (κ3) is 4.60. The highest BCUT2D eigenvalue weighted by atomic mass is 16.4. The Morgan fingerprint density at radius 2 is 1.58 bits per heavy atom. The van der Waals surface area contributed by atoms with E-state index < -0.39 is 11.4 Å². The van der Waals surface area contributed by atoms with Gasteiger partial charge < -0.3 is 16.1 Å². The highest BCUT2D eigenvalue weighted by Crippen LogP contribution is 2.52. The lowest BCUT2D eigenvalue weighted by molar-refractivity contribution is -0.327. The Bertz CT molecular complexity index is 480. The number of carboxylic acid groups (broad SMARTS) is 1. The second-order valence-corrected chi connectivity index (χ2v) is 7.31. The van der Waals surface area contributed by atoms with E-state index in [1.165, 1.54) is 5.56 Å². The molecular formula is C21H37NO2. The van der Waals surface area contributed by atoms with Crippen molar-refractivity contribution in [2.75, 3.05) is 0 Å². The fourth-order valence-corrected chi connectivity index (χ4v) is 4.19. The first-order chi connectivity index (χ1) is 10.9. The van der Waals surface area contributed by atoms with Crippen LogP contribution in [-0.4, -0.2) is 5.97 Å². The van der Waals surface area contributed by atoms with Crippen molar-refractivity contribution in [1.82, 2.24) is 6.15 Å². The Hall–Kier alpha value is -1.35. The van der Waals surface area contributed by atoms with Crippen molar-refractivity contribution in [3.63, 3.8) is 0 Å². The summed E-state index contributed by atoms with van der Waals surface area (Å²) in [4.78, 5) is 12.2. The summed E-state index contributed by atoms with van der Waals surface area (Å²) in [6.07, 6.45) is 4.92. The summed E-state index contributed by atoms with van der Waals surface area (Å²) in [5, 5.41) is 12.2. The van der Waals surface area contributed by atoms with Crippen LogP contribution in [0.4, 0.5) is 0 Å². The van der Waals surface area contributed by atoms with E-state index in [0.717, 1.165) is 25.7 Å². The molecular weight excluding hydrogens is 298 g/mol. The molecule has 1 aromatic rings. The van der Waals surface area contributed by atoms with Gasteiger partial charge in [0.2, 0.25) is 0 Å². The second-order valence-electron chi connectivity index (χ2n) is 7.31. The summed E-state index contributed by atoms with van der Waals surface area (Å²) in [6.45, 7) is 10.6. The Morgan fingerprint density at radius 1 is 1.04 bits per heavy atom. The van der Waals surface area contributed by atoms with Gasteiger partial charge in [0.25, 0.3) is 0 Å². The molecule has 1 atom stereocenters. The minimum atomic E-state index is -0.871. The predicted molar refractivity (Wildman–Crippen MR) is 101 cm³/mol. The van der Waals surface area contributed by atoms with Gasteiger partial charge in [-0.1, -0.05) is 71.4 Å². The van der Waals surface area contributed by atoms with Crippen LogP contribution in [0, 0.1) is 16.7 Å². The molecule has 0 radical (unpaired) electrons. The van der Waals surface area contributed by atoms with E-state index in [2.05, 4.69) is 32.9 Å². The number of aliphatic carboxylic acids is 1. The third-order valence-corrected chi connectivity index (χ3v) is 5.88. The Labute approximate surface area is 148 Å². The van der Waals surface area contributed by atoms with E-state index in [1.807, 2.05) is 32.0 Å². The highest BCUT2D eigenvalue weighted by molar-refractivity contribution is 5.73. The minimum absolute atomic E-state index is 0. The molecule has 3 heteroatoms. The van der Waals surface area contributed by atoms with E-state index >= 15 is 0 Å². The molecule has 0 fully saturated rings. The number of carbonyl (C=O) groups excluding carboxylic acids is 1. The summed E-state index contributed by atoms with van der Waals surface area (Å²) in [5.41, 5.74) is 0.221. The molecule has 138 valence electrons. The monoisotopic (exact) mass is 335 g/mol. The first kappa shape index (κ1) is 22.6. The maximum Gasteiger partial charge on any atom is 0.0481 e. The van der Waals surface area contributed by atoms with Gasteiger partial charge in [0.05, 0.1) is 0 Å². The summed E-state index contributed by atoms with van der Waals surface area (Å²) < 4.78 is 0. The van der Waals surface area contributed by atoms with Crippen LogP contribution in [0.25, 0.3) is 0 Å². The Morgan fingerprint density at radius 3 is 1.96 bits per heavy atom. The first-order valence-corrected chi connectivity index (χ1v) is 9.12. The minimum Gasteiger partial charge on any atom is -0.550 e. The topological polar surface area (TPSA) is 76.6 Å². The maximum atomic E-state index is 12.2. The van der Waals surface area contributed by atoms with Gasteiger partial charge in [0.15, 0.2) is 0 Å². The number of carbonyl (C=O) groups is 1. The second kappa shape index (κ2) is 9.83. The van der Waals surface area contributed by atoms with Gasteiger partial charge in [0.1, 0.15) is 0 Å². The number of quaternary nitrogens is 1. The van der Waals surface area contributed by atoms with Crippen LogP contribution in [0.1, 0.15) is 72.3 Å². The smallest absolute Gasteiger partial charge is 0.0481 e. The number of hydrogen-bond donors (Lipinski definition) is 1. The molecule has 0 saturated carbocycles. The molecule has 0 saturated heterocycles. The zero-order valence-electron chi connectivity index (χ0n) is 16.5. The molecule has 0 bridgehead atoms. The van der Waals surface area contributed by atoms with Crippen molar-refractivity contribution in [3.05, 3.63) is 35.9 Å². The van der Waals surface area contributed by atoms with Gasteiger partial charge in [-0.3, -0.25) is 0 Å². The zero-order valence-corrected chi connectivity index (χ0v) is 16.5. The largest absolute Gasteiger partial charge is 0.550 e. The molecule has 24 heavy (non-hydrogen) atoms. The standard InChI is InChI=1S/C21H34O2.H3N/c1-6-20(15-14-17(4)5,16-18-12-10-9-11-13-18)21(7-2,8-3)19(22)23;/h9-13,17H,6-8,14-16H2,1-5H3,(H,22,23);1H3. The van der Waals surface area contributed by atoms with E-state index in [4.69, 9.17) is 0 Å². The molecule has 1 rings (SSSR count). The quantitative estimate of drug-likeness (QED) is 0.653. The summed E-state index contributed by atoms with van der Waals surface area (Å²) in [7, 11) is 0. The van der Waals surface area contributed by atoms with Crippen LogP contribution in [0.5, 0.6) is 0 Å². The maximum absolute atomic E-state index is 12.2. The Balaban J connectivity index is 0.00000529. The van der Waals surface area contributed by atoms with Crippen LogP contribution in [0.3, 0.4) is 0 Å². The van der Waals surface area contributed by atoms with Gasteiger partial charge in [-0.05, 0) is 49.0 Å². The van der Waals surface area contributed by atoms with Crippen molar-refractivity contribution >= 4 is 5.97 Å². The van der Waals surface area contributed by atoms with Gasteiger partial charge in [0, 0.05) is 11.4 Å². The molecule has 0 amide bonds. The lowest BCUT2D eigenvalue weighted by Crippen LogP contribution is -2.54. The lowest BCUT2D eigenvalue weighted by Gasteiger charge is -2.52. The summed E-state index contributed by atoms with van der Waals surface area (Å²) in [5.74, 6) is -0.297. The molecule has 1 unspecified atom stereocenters. The van der Waals surface area contributed by atoms with Gasteiger partial charge >= 0.3 is 0 Å². The number of benzene rings is 1. The van der Waals surface area contributed by atoms with Crippen molar-refractivity contribution < 1.29 is 9.90 Å². The van der Waals surface area contributed by atoms with Crippen molar-refractivity contribution in [2.45, 2.75) is 73.1 Å². The van der Waals surface area contributed by atoms with Crippen molar-refractivity contribution in [2.24, 2.45) is 16.7 Å². The van der Waals surface area contributed by atoms with Crippen LogP contribution in [0.2, 0.25) is 0 Å². The third-order valence-electron chi connectivity index (χ3n) is 5.88. The average molecular weight is 336 g/mol. The number of hydrogen-bond acceptors (Lipinski definition) is 2. The molecule has 0 aliphatic carbocycles. The van der Waals surface area contributed by atoms with E-state index in [9.17, 15) is 9.90 Å². The molecule has 0 aliphatic heterocycles. The normalized spacial score (nSPS) is 14.1. The molecule has 4 N–H and O–H groups in total. The van der Waals surface area contributed by atoms with E-state index in [1.54, 1.807) is 0 Å². The van der Waals surface area contributed by atoms with Crippen molar-refractivity contribution in [3.8, 4) is 0 Å². The number of carboxylic acids is 1. The van der Waals surface area contributed by atoms with Crippen LogP contribution in [-0.2, 0) is 11.2 Å². The summed E-state index contributed by atoms with van der Waals surface area (Å²) >= 11 is 0. The molecule has 3 nitrogen and oxygen atoms in total. The predicted octanol–water partition coefficient (Wildman–Crippen LogP) is 4.99. The Kier molecular flexibility index (Phi) is 9.27. The molecule has 0 aromatic heterocycles. The van der Waals surface area contributed by atoms with E-state index in [-0.39, 0.29) is 11.6 Å². The van der Waals surface area contributed by atoms with Crippen LogP contribution in [0.15, 0.2) is 30.3 Å². The lowest BCUT2D eigenvalue weighted by atomic mass is 9.54. The number of rotatable bonds is 10. The van der Waals surface area contributed by atoms with Gasteiger partial charge in [-0.2, -0.15) is 0 Å². The fraction of sp³-hybridized carbons (Fsp3) is 0.667. The van der Waals surface area contributed by atoms with Crippen molar-refractivity contribution in [1.29, 1.82) is 0 Å². The van der Waals surface area contributed by atoms with Crippen LogP contribution < -0.4 is 11.3 Å². The SMILES string of the molecule is CCC(CCC(C)C)(Cc1ccccc1)C(CC)(CC)C(=O)[O-].[NH4+]. The first-order valence-electron chi connectivity index (χ1n) is 9.12. The molecule has 0 spiro atoms. The average Bonchev–Trinajstić information content (AvgIpc) is 2.54. The van der Waals surface area contributed by atoms with Gasteiger partial charge in [-0.25, -0.2) is 0 Å². The molecule has 0 aliphatic rings. The molecule has 0 heterocycles. The molecule has 1 aromatic carbocycles. The van der Waals surface area contributed by atoms with E-state index in [0.29, 0.717) is 18.8 Å². The van der Waals surface area contributed by atoms with Crippen LogP contribution >= 0.6 is 0 Å².